The molecular weight excluding hydrogens is 236 g/mol. The third kappa shape index (κ3) is 2.45. The van der Waals surface area contributed by atoms with E-state index in [9.17, 15) is 4.79 Å². The van der Waals surface area contributed by atoms with Crippen LogP contribution in [0.2, 0.25) is 0 Å². The van der Waals surface area contributed by atoms with Crippen molar-refractivity contribution in [2.24, 2.45) is 0 Å². The minimum atomic E-state index is -0.0508. The number of rotatable bonds is 2. The van der Waals surface area contributed by atoms with Gasteiger partial charge in [0.1, 0.15) is 0 Å². The van der Waals surface area contributed by atoms with Crippen molar-refractivity contribution in [3.63, 3.8) is 0 Å². The van der Waals surface area contributed by atoms with Crippen LogP contribution in [0.3, 0.4) is 0 Å². The molecule has 1 amide bonds. The molecule has 0 aromatic heterocycles. The molecule has 96 valence electrons. The van der Waals surface area contributed by atoms with E-state index in [0.29, 0.717) is 11.3 Å². The van der Waals surface area contributed by atoms with E-state index in [1.165, 1.54) is 11.1 Å². The highest BCUT2D eigenvalue weighted by molar-refractivity contribution is 5.95. The maximum atomic E-state index is 12.1. The van der Waals surface area contributed by atoms with Gasteiger partial charge in [-0.3, -0.25) is 4.79 Å². The number of carbonyl (C=O) groups is 1. The molecule has 2 aromatic carbocycles. The molecule has 0 aliphatic heterocycles. The minimum absolute atomic E-state index is 0.0508. The largest absolute Gasteiger partial charge is 0.399 e. The van der Waals surface area contributed by atoms with E-state index in [1.807, 2.05) is 12.1 Å². The first-order valence-electron chi connectivity index (χ1n) is 6.45. The Morgan fingerprint density at radius 1 is 1.05 bits per heavy atom. The Labute approximate surface area is 112 Å². The lowest BCUT2D eigenvalue weighted by molar-refractivity contribution is 0.0938. The fourth-order valence-corrected chi connectivity index (χ4v) is 2.61. The Bertz CT molecular complexity index is 597. The summed E-state index contributed by atoms with van der Waals surface area (Å²) in [6, 6.07) is 15.6. The van der Waals surface area contributed by atoms with E-state index in [2.05, 4.69) is 17.4 Å². The van der Waals surface area contributed by atoms with Gasteiger partial charge in [0.2, 0.25) is 0 Å². The van der Waals surface area contributed by atoms with Crippen molar-refractivity contribution < 1.29 is 4.79 Å². The van der Waals surface area contributed by atoms with E-state index in [-0.39, 0.29) is 11.9 Å². The highest BCUT2D eigenvalue weighted by atomic mass is 16.1. The molecule has 0 atom stereocenters. The molecule has 0 heterocycles. The van der Waals surface area contributed by atoms with Gasteiger partial charge in [0.15, 0.2) is 0 Å². The maximum Gasteiger partial charge on any atom is 0.251 e. The second kappa shape index (κ2) is 4.76. The second-order valence-corrected chi connectivity index (χ2v) is 4.97. The van der Waals surface area contributed by atoms with Gasteiger partial charge >= 0.3 is 0 Å². The highest BCUT2D eigenvalue weighted by Gasteiger charge is 2.22. The first-order chi connectivity index (χ1) is 9.22. The summed E-state index contributed by atoms with van der Waals surface area (Å²) in [5.41, 5.74) is 9.60. The Hall–Kier alpha value is -2.29. The van der Waals surface area contributed by atoms with Gasteiger partial charge < -0.3 is 11.1 Å². The lowest BCUT2D eigenvalue weighted by Crippen LogP contribution is -2.35. The summed E-state index contributed by atoms with van der Waals surface area (Å²) in [5.74, 6) is -0.0508. The number of hydrogen-bond acceptors (Lipinski definition) is 2. The average molecular weight is 252 g/mol. The van der Waals surface area contributed by atoms with E-state index in [0.717, 1.165) is 12.8 Å². The summed E-state index contributed by atoms with van der Waals surface area (Å²) in [6.07, 6.45) is 1.81. The zero-order valence-corrected chi connectivity index (χ0v) is 10.6. The third-order valence-corrected chi connectivity index (χ3v) is 3.54. The van der Waals surface area contributed by atoms with E-state index >= 15 is 0 Å². The van der Waals surface area contributed by atoms with Gasteiger partial charge in [0.25, 0.3) is 5.91 Å². The summed E-state index contributed by atoms with van der Waals surface area (Å²) in [7, 11) is 0. The van der Waals surface area contributed by atoms with Gasteiger partial charge in [-0.15, -0.1) is 0 Å². The van der Waals surface area contributed by atoms with Crippen LogP contribution in [0.4, 0.5) is 5.69 Å². The first-order valence-corrected chi connectivity index (χ1v) is 6.45. The van der Waals surface area contributed by atoms with Crippen LogP contribution in [-0.4, -0.2) is 11.9 Å². The van der Waals surface area contributed by atoms with Crippen LogP contribution in [0.15, 0.2) is 48.5 Å². The Kier molecular flexibility index (Phi) is 2.95. The SMILES string of the molecule is Nc1cccc(C(=O)NC2Cc3ccccc3C2)c1. The predicted molar refractivity (Wildman–Crippen MR) is 76.0 cm³/mol. The molecule has 3 rings (SSSR count). The predicted octanol–water partition coefficient (Wildman–Crippen LogP) is 2.17. The quantitative estimate of drug-likeness (QED) is 0.805. The molecule has 0 unspecified atom stereocenters. The van der Waals surface area contributed by atoms with Crippen molar-refractivity contribution in [1.29, 1.82) is 0 Å². The molecule has 1 aliphatic carbocycles. The Morgan fingerprint density at radius 3 is 2.37 bits per heavy atom. The summed E-state index contributed by atoms with van der Waals surface area (Å²) >= 11 is 0. The number of nitrogens with one attached hydrogen (secondary N) is 1. The Morgan fingerprint density at radius 2 is 1.74 bits per heavy atom. The van der Waals surface area contributed by atoms with Crippen LogP contribution in [-0.2, 0) is 12.8 Å². The first kappa shape index (κ1) is 11.8. The van der Waals surface area contributed by atoms with Gasteiger partial charge in [-0.05, 0) is 42.2 Å². The van der Waals surface area contributed by atoms with Gasteiger partial charge in [0.05, 0.1) is 0 Å². The van der Waals surface area contributed by atoms with Crippen LogP contribution in [0, 0.1) is 0 Å². The number of nitrogens with two attached hydrogens (primary N) is 1. The van der Waals surface area contributed by atoms with Crippen molar-refractivity contribution in [3.8, 4) is 0 Å². The van der Waals surface area contributed by atoms with Crippen molar-refractivity contribution >= 4 is 11.6 Å². The minimum Gasteiger partial charge on any atom is -0.399 e. The van der Waals surface area contributed by atoms with Crippen molar-refractivity contribution in [2.45, 2.75) is 18.9 Å². The molecule has 2 aromatic rings. The zero-order valence-electron chi connectivity index (χ0n) is 10.6. The molecule has 1 aliphatic rings. The molecule has 0 fully saturated rings. The topological polar surface area (TPSA) is 55.1 Å². The molecule has 0 spiro atoms. The van der Waals surface area contributed by atoms with Crippen molar-refractivity contribution in [3.05, 3.63) is 65.2 Å². The van der Waals surface area contributed by atoms with E-state index < -0.39 is 0 Å². The molecule has 3 nitrogen and oxygen atoms in total. The number of amides is 1. The van der Waals surface area contributed by atoms with Crippen LogP contribution in [0.5, 0.6) is 0 Å². The summed E-state index contributed by atoms with van der Waals surface area (Å²) in [4.78, 5) is 12.1. The number of hydrogen-bond donors (Lipinski definition) is 2. The van der Waals surface area contributed by atoms with Crippen LogP contribution in [0.25, 0.3) is 0 Å². The third-order valence-electron chi connectivity index (χ3n) is 3.54. The van der Waals surface area contributed by atoms with Crippen LogP contribution in [0.1, 0.15) is 21.5 Å². The molecular formula is C16H16N2O. The fourth-order valence-electron chi connectivity index (χ4n) is 2.61. The standard InChI is InChI=1S/C16H16N2O/c17-14-7-3-6-13(8-14)16(19)18-15-9-11-4-1-2-5-12(11)10-15/h1-8,15H,9-10,17H2,(H,18,19). The van der Waals surface area contributed by atoms with Gasteiger partial charge in [-0.1, -0.05) is 30.3 Å². The normalized spacial score (nSPS) is 14.1. The lowest BCUT2D eigenvalue weighted by Gasteiger charge is -2.12. The number of benzene rings is 2. The number of fused-ring (bicyclic) bond motifs is 1. The maximum absolute atomic E-state index is 12.1. The second-order valence-electron chi connectivity index (χ2n) is 4.97. The van der Waals surface area contributed by atoms with Gasteiger partial charge in [0, 0.05) is 17.3 Å². The summed E-state index contributed by atoms with van der Waals surface area (Å²) in [6.45, 7) is 0. The molecule has 0 radical (unpaired) electrons. The van der Waals surface area contributed by atoms with E-state index in [1.54, 1.807) is 24.3 Å². The van der Waals surface area contributed by atoms with E-state index in [4.69, 9.17) is 5.73 Å². The molecule has 0 bridgehead atoms. The molecule has 0 saturated carbocycles. The highest BCUT2D eigenvalue weighted by Crippen LogP contribution is 2.22. The summed E-state index contributed by atoms with van der Waals surface area (Å²) in [5, 5.41) is 3.07. The van der Waals surface area contributed by atoms with Crippen molar-refractivity contribution in [1.82, 2.24) is 5.32 Å². The lowest BCUT2D eigenvalue weighted by atomic mass is 10.1. The molecule has 19 heavy (non-hydrogen) atoms. The van der Waals surface area contributed by atoms with Crippen molar-refractivity contribution in [2.75, 3.05) is 5.73 Å². The Balaban J connectivity index is 1.69. The summed E-state index contributed by atoms with van der Waals surface area (Å²) < 4.78 is 0. The van der Waals surface area contributed by atoms with Gasteiger partial charge in [-0.25, -0.2) is 0 Å². The smallest absolute Gasteiger partial charge is 0.251 e. The zero-order chi connectivity index (χ0) is 13.2. The van der Waals surface area contributed by atoms with Crippen LogP contribution >= 0.6 is 0 Å². The monoisotopic (exact) mass is 252 g/mol. The van der Waals surface area contributed by atoms with Crippen LogP contribution < -0.4 is 11.1 Å². The number of anilines is 1. The van der Waals surface area contributed by atoms with Gasteiger partial charge in [-0.2, -0.15) is 0 Å². The molecule has 3 N–H and O–H groups in total. The number of carbonyl (C=O) groups excluding carboxylic acids is 1. The molecule has 3 heteroatoms. The number of nitrogen functional groups attached to an aromatic ring is 1. The fraction of sp³-hybridized carbons (Fsp3) is 0.188. The molecule has 0 saturated heterocycles. The average Bonchev–Trinajstić information content (AvgIpc) is 2.80.